The summed E-state index contributed by atoms with van der Waals surface area (Å²) in [4.78, 5) is 13.0. The minimum Gasteiger partial charge on any atom is -0.379 e. The molecule has 2 rings (SSSR count). The molecule has 1 aliphatic rings. The molecular weight excluding hydrogens is 232 g/mol. The molecule has 0 bridgehead atoms. The molecule has 1 aromatic heterocycles. The highest BCUT2D eigenvalue weighted by molar-refractivity contribution is 5.90. The fraction of sp³-hybridized carbons (Fsp3) is 0.583. The van der Waals surface area contributed by atoms with Gasteiger partial charge in [0.25, 0.3) is 5.91 Å². The SMILES string of the molecule is COC1CN(c2ccc(C(N)=O)nn2)CCC1C. The molecule has 2 N–H and O–H groups in total. The van der Waals surface area contributed by atoms with E-state index in [9.17, 15) is 4.79 Å². The number of hydrogen-bond donors (Lipinski definition) is 1. The molecule has 18 heavy (non-hydrogen) atoms. The number of piperidine rings is 1. The van der Waals surface area contributed by atoms with E-state index in [0.29, 0.717) is 5.92 Å². The summed E-state index contributed by atoms with van der Waals surface area (Å²) >= 11 is 0. The third-order valence-electron chi connectivity index (χ3n) is 3.42. The summed E-state index contributed by atoms with van der Waals surface area (Å²) in [6.45, 7) is 3.90. The Morgan fingerprint density at radius 2 is 2.28 bits per heavy atom. The molecule has 0 saturated carbocycles. The van der Waals surface area contributed by atoms with Crippen molar-refractivity contribution in [3.63, 3.8) is 0 Å². The lowest BCUT2D eigenvalue weighted by Crippen LogP contribution is -2.44. The molecule has 1 aliphatic heterocycles. The number of hydrogen-bond acceptors (Lipinski definition) is 5. The first-order valence-electron chi connectivity index (χ1n) is 6.03. The fourth-order valence-corrected chi connectivity index (χ4v) is 2.17. The molecule has 6 nitrogen and oxygen atoms in total. The van der Waals surface area contributed by atoms with Crippen LogP contribution in [0.2, 0.25) is 0 Å². The number of methoxy groups -OCH3 is 1. The van der Waals surface area contributed by atoms with Crippen LogP contribution >= 0.6 is 0 Å². The maximum Gasteiger partial charge on any atom is 0.269 e. The Morgan fingerprint density at radius 3 is 2.83 bits per heavy atom. The summed E-state index contributed by atoms with van der Waals surface area (Å²) in [7, 11) is 1.73. The van der Waals surface area contributed by atoms with Gasteiger partial charge < -0.3 is 15.4 Å². The number of anilines is 1. The average molecular weight is 250 g/mol. The Balaban J connectivity index is 2.09. The molecule has 1 aromatic rings. The van der Waals surface area contributed by atoms with E-state index in [1.165, 1.54) is 0 Å². The van der Waals surface area contributed by atoms with E-state index in [0.717, 1.165) is 25.3 Å². The van der Waals surface area contributed by atoms with Gasteiger partial charge in [0.05, 0.1) is 6.10 Å². The van der Waals surface area contributed by atoms with E-state index in [4.69, 9.17) is 10.5 Å². The Morgan fingerprint density at radius 1 is 1.50 bits per heavy atom. The van der Waals surface area contributed by atoms with Gasteiger partial charge >= 0.3 is 0 Å². The van der Waals surface area contributed by atoms with Crippen LogP contribution in [0.5, 0.6) is 0 Å². The van der Waals surface area contributed by atoms with Gasteiger partial charge in [0.2, 0.25) is 0 Å². The second kappa shape index (κ2) is 5.30. The van der Waals surface area contributed by atoms with E-state index in [1.54, 1.807) is 19.2 Å². The second-order valence-corrected chi connectivity index (χ2v) is 4.63. The number of primary amides is 1. The van der Waals surface area contributed by atoms with Gasteiger partial charge in [0.15, 0.2) is 11.5 Å². The standard InChI is InChI=1S/C12H18N4O2/c1-8-5-6-16(7-10(8)18-2)11-4-3-9(12(13)17)14-15-11/h3-4,8,10H,5-7H2,1-2H3,(H2,13,17). The van der Waals surface area contributed by atoms with E-state index >= 15 is 0 Å². The number of carbonyl (C=O) groups excluding carboxylic acids is 1. The van der Waals surface area contributed by atoms with Gasteiger partial charge in [-0.2, -0.15) is 0 Å². The maximum atomic E-state index is 10.9. The third-order valence-corrected chi connectivity index (χ3v) is 3.42. The van der Waals surface area contributed by atoms with Gasteiger partial charge in [-0.1, -0.05) is 6.92 Å². The van der Waals surface area contributed by atoms with Crippen molar-refractivity contribution < 1.29 is 9.53 Å². The molecule has 2 heterocycles. The largest absolute Gasteiger partial charge is 0.379 e. The number of nitrogens with zero attached hydrogens (tertiary/aromatic N) is 3. The van der Waals surface area contributed by atoms with Gasteiger partial charge in [-0.25, -0.2) is 0 Å². The quantitative estimate of drug-likeness (QED) is 0.841. The Hall–Kier alpha value is -1.69. The molecule has 98 valence electrons. The zero-order valence-electron chi connectivity index (χ0n) is 10.7. The molecule has 2 unspecified atom stereocenters. The first-order valence-corrected chi connectivity index (χ1v) is 6.03. The molecule has 0 spiro atoms. The summed E-state index contributed by atoms with van der Waals surface area (Å²) in [6, 6.07) is 3.38. The normalized spacial score (nSPS) is 24.0. The molecule has 1 amide bonds. The number of amides is 1. The monoisotopic (exact) mass is 250 g/mol. The molecule has 1 saturated heterocycles. The van der Waals surface area contributed by atoms with Crippen LogP contribution in [0.3, 0.4) is 0 Å². The lowest BCUT2D eigenvalue weighted by Gasteiger charge is -2.36. The van der Waals surface area contributed by atoms with Crippen LogP contribution in [0.15, 0.2) is 12.1 Å². The third kappa shape index (κ3) is 2.59. The van der Waals surface area contributed by atoms with Gasteiger partial charge in [-0.3, -0.25) is 4.79 Å². The molecule has 0 aromatic carbocycles. The Kier molecular flexibility index (Phi) is 3.76. The number of rotatable bonds is 3. The summed E-state index contributed by atoms with van der Waals surface area (Å²) in [5, 5.41) is 7.85. The van der Waals surface area contributed by atoms with Crippen molar-refractivity contribution in [2.45, 2.75) is 19.4 Å². The van der Waals surface area contributed by atoms with Crippen LogP contribution in [0.25, 0.3) is 0 Å². The Bertz CT molecular complexity index is 421. The highest BCUT2D eigenvalue weighted by atomic mass is 16.5. The van der Waals surface area contributed by atoms with Gasteiger partial charge in [-0.15, -0.1) is 10.2 Å². The number of carbonyl (C=O) groups is 1. The van der Waals surface area contributed by atoms with Crippen LogP contribution in [-0.4, -0.2) is 42.4 Å². The van der Waals surface area contributed by atoms with Crippen molar-refractivity contribution >= 4 is 11.7 Å². The van der Waals surface area contributed by atoms with E-state index in [-0.39, 0.29) is 11.8 Å². The predicted molar refractivity (Wildman–Crippen MR) is 67.3 cm³/mol. The van der Waals surface area contributed by atoms with Crippen molar-refractivity contribution in [1.29, 1.82) is 0 Å². The zero-order chi connectivity index (χ0) is 13.1. The fourth-order valence-electron chi connectivity index (χ4n) is 2.17. The lowest BCUT2D eigenvalue weighted by molar-refractivity contribution is 0.0496. The van der Waals surface area contributed by atoms with Crippen LogP contribution in [0.1, 0.15) is 23.8 Å². The molecule has 6 heteroatoms. The first-order chi connectivity index (χ1) is 8.61. The van der Waals surface area contributed by atoms with Crippen LogP contribution < -0.4 is 10.6 Å². The highest BCUT2D eigenvalue weighted by Gasteiger charge is 2.26. The van der Waals surface area contributed by atoms with Gasteiger partial charge in [0.1, 0.15) is 0 Å². The van der Waals surface area contributed by atoms with Crippen LogP contribution in [0.4, 0.5) is 5.82 Å². The molecule has 0 aliphatic carbocycles. The van der Waals surface area contributed by atoms with Crippen molar-refractivity contribution in [2.24, 2.45) is 11.7 Å². The smallest absolute Gasteiger partial charge is 0.269 e. The average Bonchev–Trinajstić information content (AvgIpc) is 2.39. The van der Waals surface area contributed by atoms with E-state index in [2.05, 4.69) is 22.0 Å². The molecular formula is C12H18N4O2. The highest BCUT2D eigenvalue weighted by Crippen LogP contribution is 2.23. The van der Waals surface area contributed by atoms with Crippen molar-refractivity contribution in [3.05, 3.63) is 17.8 Å². The first kappa shape index (κ1) is 12.8. The van der Waals surface area contributed by atoms with Crippen molar-refractivity contribution in [1.82, 2.24) is 10.2 Å². The van der Waals surface area contributed by atoms with Crippen molar-refractivity contribution in [3.8, 4) is 0 Å². The minimum absolute atomic E-state index is 0.187. The number of aromatic nitrogens is 2. The number of ether oxygens (including phenoxy) is 1. The summed E-state index contributed by atoms with van der Waals surface area (Å²) in [5.41, 5.74) is 5.32. The lowest BCUT2D eigenvalue weighted by atomic mass is 9.96. The number of nitrogens with two attached hydrogens (primary N) is 1. The van der Waals surface area contributed by atoms with Crippen LogP contribution in [0, 0.1) is 5.92 Å². The molecule has 1 fully saturated rings. The van der Waals surface area contributed by atoms with Crippen LogP contribution in [-0.2, 0) is 4.74 Å². The molecule has 2 atom stereocenters. The zero-order valence-corrected chi connectivity index (χ0v) is 10.7. The van der Waals surface area contributed by atoms with Gasteiger partial charge in [0, 0.05) is 20.2 Å². The second-order valence-electron chi connectivity index (χ2n) is 4.63. The minimum atomic E-state index is -0.559. The summed E-state index contributed by atoms with van der Waals surface area (Å²) < 4.78 is 5.45. The summed E-state index contributed by atoms with van der Waals surface area (Å²) in [5.74, 6) is 0.745. The van der Waals surface area contributed by atoms with Gasteiger partial charge in [-0.05, 0) is 24.5 Å². The van der Waals surface area contributed by atoms with Crippen molar-refractivity contribution in [2.75, 3.05) is 25.1 Å². The predicted octanol–water partition coefficient (Wildman–Crippen LogP) is 0.437. The maximum absolute atomic E-state index is 10.9. The topological polar surface area (TPSA) is 81.3 Å². The summed E-state index contributed by atoms with van der Waals surface area (Å²) in [6.07, 6.45) is 1.26. The molecule has 0 radical (unpaired) electrons. The Labute approximate surface area is 106 Å². The van der Waals surface area contributed by atoms with E-state index in [1.807, 2.05) is 0 Å². The van der Waals surface area contributed by atoms with E-state index < -0.39 is 5.91 Å².